The van der Waals surface area contributed by atoms with Gasteiger partial charge in [-0.25, -0.2) is 9.59 Å². The van der Waals surface area contributed by atoms with Crippen LogP contribution in [-0.2, 0) is 3.83 Å². The summed E-state index contributed by atoms with van der Waals surface area (Å²) in [7, 11) is 0. The highest BCUT2D eigenvalue weighted by molar-refractivity contribution is 9.06. The zero-order valence-corrected chi connectivity index (χ0v) is 7.95. The summed E-state index contributed by atoms with van der Waals surface area (Å²) < 4.78 is 4.25. The number of carboxylic acid groups (broad SMARTS) is 1. The number of aromatic carboxylic acids is 1. The second-order valence-electron chi connectivity index (χ2n) is 2.25. The molecule has 0 aliphatic heterocycles. The van der Waals surface area contributed by atoms with Crippen LogP contribution in [0.3, 0.4) is 0 Å². The van der Waals surface area contributed by atoms with Crippen molar-refractivity contribution in [2.24, 2.45) is 0 Å². The predicted octanol–water partition coefficient (Wildman–Crippen LogP) is 1.85. The van der Waals surface area contributed by atoms with E-state index in [4.69, 9.17) is 5.11 Å². The molecule has 0 saturated carbocycles. The Morgan fingerprint density at radius 2 is 1.92 bits per heavy atom. The summed E-state index contributed by atoms with van der Waals surface area (Å²) in [4.78, 5) is 21.4. The van der Waals surface area contributed by atoms with Crippen molar-refractivity contribution in [3.8, 4) is 0 Å². The van der Waals surface area contributed by atoms with Gasteiger partial charge in [-0.15, -0.1) is 0 Å². The number of carbonyl (C=O) groups excluding carboxylic acids is 1. The summed E-state index contributed by atoms with van der Waals surface area (Å²) in [6.07, 6.45) is 0. The lowest BCUT2D eigenvalue weighted by atomic mass is 10.1. The van der Waals surface area contributed by atoms with E-state index in [2.05, 4.69) is 20.1 Å². The van der Waals surface area contributed by atoms with Gasteiger partial charge in [-0.05, 0) is 18.2 Å². The molecular weight excluding hydrogens is 240 g/mol. The van der Waals surface area contributed by atoms with Crippen LogP contribution in [0.25, 0.3) is 0 Å². The average molecular weight is 245 g/mol. The molecule has 1 N–H and O–H groups in total. The van der Waals surface area contributed by atoms with Gasteiger partial charge in [0.1, 0.15) is 0 Å². The van der Waals surface area contributed by atoms with Crippen LogP contribution in [0.5, 0.6) is 0 Å². The minimum absolute atomic E-state index is 0.0513. The standard InChI is InChI=1S/C8H5BrO4/c9-13-8(12)6-3-1-2-5(4-6)7(10)11/h1-4H,(H,10,11). The van der Waals surface area contributed by atoms with Crippen molar-refractivity contribution in [3.63, 3.8) is 0 Å². The second kappa shape index (κ2) is 4.04. The third-order valence-electron chi connectivity index (χ3n) is 1.42. The Balaban J connectivity index is 3.05. The van der Waals surface area contributed by atoms with Crippen LogP contribution >= 0.6 is 16.3 Å². The molecule has 0 bridgehead atoms. The third-order valence-corrected chi connectivity index (χ3v) is 1.71. The summed E-state index contributed by atoms with van der Waals surface area (Å²) in [5.74, 6) is -1.70. The van der Waals surface area contributed by atoms with Gasteiger partial charge in [0.25, 0.3) is 0 Å². The van der Waals surface area contributed by atoms with E-state index in [0.717, 1.165) is 0 Å². The third kappa shape index (κ3) is 2.29. The van der Waals surface area contributed by atoms with E-state index >= 15 is 0 Å². The van der Waals surface area contributed by atoms with E-state index in [9.17, 15) is 9.59 Å². The number of hydrogen-bond acceptors (Lipinski definition) is 3. The molecule has 0 atom stereocenters. The maximum Gasteiger partial charge on any atom is 0.349 e. The predicted molar refractivity (Wildman–Crippen MR) is 47.7 cm³/mol. The van der Waals surface area contributed by atoms with Crippen molar-refractivity contribution in [2.45, 2.75) is 0 Å². The van der Waals surface area contributed by atoms with Crippen molar-refractivity contribution in [2.75, 3.05) is 0 Å². The Kier molecular flexibility index (Phi) is 3.02. The number of hydrogen-bond donors (Lipinski definition) is 1. The number of halogens is 1. The minimum Gasteiger partial charge on any atom is -0.478 e. The van der Waals surface area contributed by atoms with E-state index in [-0.39, 0.29) is 11.1 Å². The normalized spacial score (nSPS) is 9.31. The number of benzene rings is 1. The summed E-state index contributed by atoms with van der Waals surface area (Å²) >= 11 is 2.52. The first kappa shape index (κ1) is 9.73. The Morgan fingerprint density at radius 1 is 1.31 bits per heavy atom. The van der Waals surface area contributed by atoms with Crippen molar-refractivity contribution >= 4 is 28.2 Å². The van der Waals surface area contributed by atoms with Crippen LogP contribution in [0.4, 0.5) is 0 Å². The zero-order chi connectivity index (χ0) is 9.84. The molecule has 0 radical (unpaired) electrons. The molecule has 5 heteroatoms. The highest BCUT2D eigenvalue weighted by Gasteiger charge is 2.09. The molecule has 1 aromatic rings. The number of carboxylic acids is 1. The van der Waals surface area contributed by atoms with Crippen LogP contribution in [0.15, 0.2) is 24.3 Å². The maximum absolute atomic E-state index is 10.9. The Labute approximate surface area is 82.6 Å². The molecule has 68 valence electrons. The molecule has 0 aliphatic rings. The lowest BCUT2D eigenvalue weighted by molar-refractivity contribution is 0.0697. The van der Waals surface area contributed by atoms with E-state index in [1.807, 2.05) is 0 Å². The Bertz CT molecular complexity index is 348. The fourth-order valence-electron chi connectivity index (χ4n) is 0.824. The molecule has 0 saturated heterocycles. The van der Waals surface area contributed by atoms with Gasteiger partial charge >= 0.3 is 11.9 Å². The average Bonchev–Trinajstić information content (AvgIpc) is 2.17. The first-order chi connectivity index (χ1) is 6.15. The Hall–Kier alpha value is -1.36. The van der Waals surface area contributed by atoms with Gasteiger partial charge in [0.05, 0.1) is 11.1 Å². The van der Waals surface area contributed by atoms with Gasteiger partial charge in [-0.3, -0.25) is 0 Å². The molecule has 0 aliphatic carbocycles. The number of carbonyl (C=O) groups is 2. The molecule has 0 amide bonds. The largest absolute Gasteiger partial charge is 0.478 e. The van der Waals surface area contributed by atoms with Gasteiger partial charge in [0.2, 0.25) is 0 Å². The lowest BCUT2D eigenvalue weighted by Crippen LogP contribution is -2.02. The van der Waals surface area contributed by atoms with E-state index in [1.165, 1.54) is 24.3 Å². The van der Waals surface area contributed by atoms with Gasteiger partial charge < -0.3 is 8.93 Å². The van der Waals surface area contributed by atoms with Crippen LogP contribution < -0.4 is 0 Å². The van der Waals surface area contributed by atoms with Gasteiger partial charge in [0, 0.05) is 0 Å². The SMILES string of the molecule is O=C(O)c1cccc(C(=O)OBr)c1. The number of rotatable bonds is 2. The molecule has 13 heavy (non-hydrogen) atoms. The molecule has 4 nitrogen and oxygen atoms in total. The first-order valence-electron chi connectivity index (χ1n) is 3.31. The summed E-state index contributed by atoms with van der Waals surface area (Å²) in [5.41, 5.74) is 0.243. The van der Waals surface area contributed by atoms with E-state index in [0.29, 0.717) is 0 Å². The second-order valence-corrected chi connectivity index (χ2v) is 2.57. The fourth-order valence-corrected chi connectivity index (χ4v) is 1.01. The van der Waals surface area contributed by atoms with Gasteiger partial charge in [-0.2, -0.15) is 0 Å². The van der Waals surface area contributed by atoms with Crippen LogP contribution in [0.1, 0.15) is 20.7 Å². The first-order valence-corrected chi connectivity index (χ1v) is 3.96. The molecule has 0 spiro atoms. The summed E-state index contributed by atoms with van der Waals surface area (Å²) in [5, 5.41) is 8.60. The van der Waals surface area contributed by atoms with Crippen LogP contribution in [0.2, 0.25) is 0 Å². The highest BCUT2D eigenvalue weighted by atomic mass is 79.9. The van der Waals surface area contributed by atoms with Gasteiger partial charge in [-0.1, -0.05) is 6.07 Å². The molecule has 1 aromatic carbocycles. The summed E-state index contributed by atoms with van der Waals surface area (Å²) in [6.45, 7) is 0. The molecule has 0 fully saturated rings. The van der Waals surface area contributed by atoms with Crippen molar-refractivity contribution in [3.05, 3.63) is 35.4 Å². The molecule has 0 unspecified atom stereocenters. The van der Waals surface area contributed by atoms with Gasteiger partial charge in [0.15, 0.2) is 16.3 Å². The van der Waals surface area contributed by atoms with Crippen LogP contribution in [0, 0.1) is 0 Å². The molecule has 0 heterocycles. The van der Waals surface area contributed by atoms with E-state index < -0.39 is 11.9 Å². The van der Waals surface area contributed by atoms with Crippen LogP contribution in [-0.4, -0.2) is 17.0 Å². The topological polar surface area (TPSA) is 63.6 Å². The minimum atomic E-state index is -1.08. The maximum atomic E-state index is 10.9. The molecular formula is C8H5BrO4. The van der Waals surface area contributed by atoms with Crippen molar-refractivity contribution in [1.82, 2.24) is 0 Å². The van der Waals surface area contributed by atoms with Crippen molar-refractivity contribution in [1.29, 1.82) is 0 Å². The molecule has 0 aromatic heterocycles. The highest BCUT2D eigenvalue weighted by Crippen LogP contribution is 2.08. The molecule has 1 rings (SSSR count). The Morgan fingerprint density at radius 3 is 2.46 bits per heavy atom. The van der Waals surface area contributed by atoms with Crippen molar-refractivity contribution < 1.29 is 18.5 Å². The monoisotopic (exact) mass is 244 g/mol. The quantitative estimate of drug-likeness (QED) is 0.863. The fraction of sp³-hybridized carbons (Fsp3) is 0. The van der Waals surface area contributed by atoms with E-state index in [1.54, 1.807) is 0 Å². The summed E-state index contributed by atoms with van der Waals surface area (Å²) in [6, 6.07) is 5.58. The zero-order valence-electron chi connectivity index (χ0n) is 6.36. The lowest BCUT2D eigenvalue weighted by Gasteiger charge is -1.97. The smallest absolute Gasteiger partial charge is 0.349 e.